The molecular formula is C15H22N2O2. The molecule has 1 unspecified atom stereocenters. The fourth-order valence-corrected chi connectivity index (χ4v) is 2.35. The minimum Gasteiger partial charge on any atom is -0.394 e. The van der Waals surface area contributed by atoms with Gasteiger partial charge in [0.05, 0.1) is 18.1 Å². The van der Waals surface area contributed by atoms with Crippen molar-refractivity contribution in [3.63, 3.8) is 0 Å². The van der Waals surface area contributed by atoms with Gasteiger partial charge in [0.1, 0.15) is 0 Å². The monoisotopic (exact) mass is 262 g/mol. The zero-order chi connectivity index (χ0) is 14.0. The van der Waals surface area contributed by atoms with Gasteiger partial charge in [-0.2, -0.15) is 0 Å². The maximum absolute atomic E-state index is 12.6. The molecule has 0 spiro atoms. The van der Waals surface area contributed by atoms with E-state index in [1.807, 2.05) is 32.0 Å². The summed E-state index contributed by atoms with van der Waals surface area (Å²) in [4.78, 5) is 14.3. The van der Waals surface area contributed by atoms with E-state index in [-0.39, 0.29) is 18.4 Å². The van der Waals surface area contributed by atoms with Crippen molar-refractivity contribution in [2.24, 2.45) is 0 Å². The largest absolute Gasteiger partial charge is 0.394 e. The Labute approximate surface area is 114 Å². The summed E-state index contributed by atoms with van der Waals surface area (Å²) in [5.74, 6) is -0.112. The molecule has 1 atom stereocenters. The highest BCUT2D eigenvalue weighted by Crippen LogP contribution is 2.27. The number of benzene rings is 1. The number of fused-ring (bicyclic) bond motifs is 1. The van der Waals surface area contributed by atoms with Gasteiger partial charge in [0, 0.05) is 20.1 Å². The summed E-state index contributed by atoms with van der Waals surface area (Å²) in [6, 6.07) is 8.05. The third-order valence-electron chi connectivity index (χ3n) is 4.02. The lowest BCUT2D eigenvalue weighted by atomic mass is 9.88. The average molecular weight is 262 g/mol. The standard InChI is InChI=1S/C15H22N2O2/c1-15(2,10-18)17(3)14(19)13-9-16-8-11-6-4-5-7-12(11)13/h4-7,13,16,18H,8-10H2,1-3H3. The molecule has 4 heteroatoms. The molecular weight excluding hydrogens is 240 g/mol. The van der Waals surface area contributed by atoms with Crippen LogP contribution in [0.1, 0.15) is 30.9 Å². The molecule has 0 saturated carbocycles. The fraction of sp³-hybridized carbons (Fsp3) is 0.533. The van der Waals surface area contributed by atoms with Gasteiger partial charge >= 0.3 is 0 Å². The van der Waals surface area contributed by atoms with Gasteiger partial charge in [0.25, 0.3) is 0 Å². The van der Waals surface area contributed by atoms with Crippen LogP contribution in [0.15, 0.2) is 24.3 Å². The first-order valence-corrected chi connectivity index (χ1v) is 6.64. The highest BCUT2D eigenvalue weighted by Gasteiger charge is 2.34. The highest BCUT2D eigenvalue weighted by atomic mass is 16.3. The van der Waals surface area contributed by atoms with E-state index >= 15 is 0 Å². The summed E-state index contributed by atoms with van der Waals surface area (Å²) in [6.45, 7) is 5.16. The predicted molar refractivity (Wildman–Crippen MR) is 74.8 cm³/mol. The van der Waals surface area contributed by atoms with Crippen molar-refractivity contribution in [2.45, 2.75) is 31.8 Å². The van der Waals surface area contributed by atoms with Crippen molar-refractivity contribution in [1.29, 1.82) is 0 Å². The van der Waals surface area contributed by atoms with E-state index in [9.17, 15) is 9.90 Å². The van der Waals surface area contributed by atoms with Crippen LogP contribution in [0.4, 0.5) is 0 Å². The van der Waals surface area contributed by atoms with E-state index in [0.29, 0.717) is 6.54 Å². The molecule has 4 nitrogen and oxygen atoms in total. The fourth-order valence-electron chi connectivity index (χ4n) is 2.35. The Kier molecular flexibility index (Phi) is 3.92. The second kappa shape index (κ2) is 5.31. The van der Waals surface area contributed by atoms with E-state index in [2.05, 4.69) is 11.4 Å². The van der Waals surface area contributed by atoms with Crippen LogP contribution >= 0.6 is 0 Å². The molecule has 1 aliphatic heterocycles. The van der Waals surface area contributed by atoms with E-state index < -0.39 is 5.54 Å². The van der Waals surface area contributed by atoms with E-state index in [0.717, 1.165) is 12.1 Å². The number of hydrogen-bond acceptors (Lipinski definition) is 3. The van der Waals surface area contributed by atoms with Crippen LogP contribution in [0.5, 0.6) is 0 Å². The zero-order valence-electron chi connectivity index (χ0n) is 11.8. The molecule has 1 aromatic carbocycles. The summed E-state index contributed by atoms with van der Waals surface area (Å²) >= 11 is 0. The number of rotatable bonds is 3. The smallest absolute Gasteiger partial charge is 0.231 e. The minimum absolute atomic E-state index is 0.0446. The third kappa shape index (κ3) is 2.65. The molecule has 0 aromatic heterocycles. The van der Waals surface area contributed by atoms with Crippen molar-refractivity contribution in [3.05, 3.63) is 35.4 Å². The second-order valence-electron chi connectivity index (χ2n) is 5.75. The number of amides is 1. The van der Waals surface area contributed by atoms with Crippen LogP contribution in [-0.2, 0) is 11.3 Å². The van der Waals surface area contributed by atoms with Crippen molar-refractivity contribution in [1.82, 2.24) is 10.2 Å². The van der Waals surface area contributed by atoms with E-state index in [1.165, 1.54) is 5.56 Å². The first-order chi connectivity index (χ1) is 8.97. The number of nitrogens with zero attached hydrogens (tertiary/aromatic N) is 1. The second-order valence-corrected chi connectivity index (χ2v) is 5.75. The van der Waals surface area contributed by atoms with E-state index in [1.54, 1.807) is 11.9 Å². The molecule has 2 N–H and O–H groups in total. The molecule has 0 bridgehead atoms. The highest BCUT2D eigenvalue weighted by molar-refractivity contribution is 5.85. The van der Waals surface area contributed by atoms with Crippen LogP contribution in [0.25, 0.3) is 0 Å². The Morgan fingerprint density at radius 2 is 2.16 bits per heavy atom. The number of nitrogens with one attached hydrogen (secondary N) is 1. The van der Waals surface area contributed by atoms with Crippen molar-refractivity contribution in [3.8, 4) is 0 Å². The molecule has 1 aliphatic rings. The van der Waals surface area contributed by atoms with Gasteiger partial charge in [-0.1, -0.05) is 24.3 Å². The van der Waals surface area contributed by atoms with Gasteiger partial charge in [-0.15, -0.1) is 0 Å². The zero-order valence-corrected chi connectivity index (χ0v) is 11.8. The summed E-state index contributed by atoms with van der Waals surface area (Å²) < 4.78 is 0. The Morgan fingerprint density at radius 1 is 1.47 bits per heavy atom. The van der Waals surface area contributed by atoms with Crippen LogP contribution in [0, 0.1) is 0 Å². The summed E-state index contributed by atoms with van der Waals surface area (Å²) in [5.41, 5.74) is 1.75. The number of hydrogen-bond donors (Lipinski definition) is 2. The Balaban J connectivity index is 2.26. The van der Waals surface area contributed by atoms with Crippen LogP contribution < -0.4 is 5.32 Å². The molecule has 1 amide bonds. The van der Waals surface area contributed by atoms with Crippen molar-refractivity contribution >= 4 is 5.91 Å². The third-order valence-corrected chi connectivity index (χ3v) is 4.02. The average Bonchev–Trinajstić information content (AvgIpc) is 2.45. The first kappa shape index (κ1) is 14.0. The van der Waals surface area contributed by atoms with Gasteiger partial charge in [-0.05, 0) is 25.0 Å². The Hall–Kier alpha value is -1.39. The number of aliphatic hydroxyl groups is 1. The SMILES string of the molecule is CN(C(=O)C1CNCc2ccccc21)C(C)(C)CO. The molecule has 0 saturated heterocycles. The summed E-state index contributed by atoms with van der Waals surface area (Å²) in [5, 5.41) is 12.7. The molecule has 0 radical (unpaired) electrons. The van der Waals surface area contributed by atoms with Gasteiger partial charge in [-0.3, -0.25) is 4.79 Å². The Bertz CT molecular complexity index is 471. The number of aliphatic hydroxyl groups excluding tert-OH is 1. The molecule has 1 heterocycles. The molecule has 19 heavy (non-hydrogen) atoms. The molecule has 1 aromatic rings. The summed E-state index contributed by atoms with van der Waals surface area (Å²) in [6.07, 6.45) is 0. The van der Waals surface area contributed by atoms with Crippen LogP contribution in [0.3, 0.4) is 0 Å². The normalized spacial score (nSPS) is 18.8. The lowest BCUT2D eigenvalue weighted by Gasteiger charge is -2.38. The number of carbonyl (C=O) groups is 1. The molecule has 104 valence electrons. The molecule has 2 rings (SSSR count). The number of likely N-dealkylation sites (N-methyl/N-ethyl adjacent to an activating group) is 1. The molecule has 0 fully saturated rings. The van der Waals surface area contributed by atoms with Crippen molar-refractivity contribution < 1.29 is 9.90 Å². The topological polar surface area (TPSA) is 52.6 Å². The Morgan fingerprint density at radius 3 is 2.84 bits per heavy atom. The lowest BCUT2D eigenvalue weighted by molar-refractivity contribution is -0.137. The first-order valence-electron chi connectivity index (χ1n) is 6.64. The lowest BCUT2D eigenvalue weighted by Crippen LogP contribution is -2.51. The maximum Gasteiger partial charge on any atom is 0.231 e. The van der Waals surface area contributed by atoms with Gasteiger partial charge in [0.15, 0.2) is 0 Å². The number of carbonyl (C=O) groups excluding carboxylic acids is 1. The minimum atomic E-state index is -0.538. The van der Waals surface area contributed by atoms with Crippen LogP contribution in [0.2, 0.25) is 0 Å². The summed E-state index contributed by atoms with van der Waals surface area (Å²) in [7, 11) is 1.76. The van der Waals surface area contributed by atoms with Crippen LogP contribution in [-0.4, -0.2) is 41.7 Å². The maximum atomic E-state index is 12.6. The predicted octanol–water partition coefficient (Wildman–Crippen LogP) is 1.10. The van der Waals surface area contributed by atoms with Gasteiger partial charge < -0.3 is 15.3 Å². The van der Waals surface area contributed by atoms with E-state index in [4.69, 9.17) is 0 Å². The quantitative estimate of drug-likeness (QED) is 0.858. The van der Waals surface area contributed by atoms with Gasteiger partial charge in [0.2, 0.25) is 5.91 Å². The van der Waals surface area contributed by atoms with Gasteiger partial charge in [-0.25, -0.2) is 0 Å². The van der Waals surface area contributed by atoms with Crippen molar-refractivity contribution in [2.75, 3.05) is 20.2 Å². The molecule has 0 aliphatic carbocycles.